The Balaban J connectivity index is 1.21. The number of hydrogen-bond donors (Lipinski definition) is 3. The zero-order valence-electron chi connectivity index (χ0n) is 21.5. The maximum Gasteiger partial charge on any atom is 0.418 e. The van der Waals surface area contributed by atoms with E-state index < -0.39 is 11.7 Å². The Kier molecular flexibility index (Phi) is 6.71. The van der Waals surface area contributed by atoms with Gasteiger partial charge in [0.1, 0.15) is 17.2 Å². The van der Waals surface area contributed by atoms with Crippen LogP contribution in [0.5, 0.6) is 5.75 Å². The van der Waals surface area contributed by atoms with Gasteiger partial charge in [-0.1, -0.05) is 0 Å². The van der Waals surface area contributed by atoms with Crippen molar-refractivity contribution in [3.05, 3.63) is 35.0 Å². The van der Waals surface area contributed by atoms with Crippen molar-refractivity contribution in [1.82, 2.24) is 24.8 Å². The number of hydrogen-bond acceptors (Lipinski definition) is 8. The van der Waals surface area contributed by atoms with E-state index in [1.54, 1.807) is 12.1 Å². The molecular weight excluding hydrogens is 515 g/mol. The first-order valence-electron chi connectivity index (χ1n) is 13.1. The van der Waals surface area contributed by atoms with Gasteiger partial charge < -0.3 is 30.0 Å². The standard InChI is InChI=1S/C26H30F3N7O3/c1-30-22-20-18(26(27,28)29)14-31-23(20)34-25(33-22)32-19-3-2-17(16-6-11-39-21(16)19)24(37)36-7-4-15(5-8-36)35-9-12-38-13-10-35/h2-3,14-15H,4-13H2,1H3,(H3,30,31,32,33,34). The molecule has 13 heteroatoms. The van der Waals surface area contributed by atoms with E-state index in [2.05, 4.69) is 30.5 Å². The second-order valence-corrected chi connectivity index (χ2v) is 9.93. The van der Waals surface area contributed by atoms with Crippen LogP contribution in [-0.2, 0) is 17.3 Å². The summed E-state index contributed by atoms with van der Waals surface area (Å²) in [4.78, 5) is 29.0. The molecule has 2 aromatic heterocycles. The lowest BCUT2D eigenvalue weighted by Gasteiger charge is -2.40. The van der Waals surface area contributed by atoms with Crippen LogP contribution in [0.4, 0.5) is 30.6 Å². The average Bonchev–Trinajstić information content (AvgIpc) is 3.61. The molecule has 6 rings (SSSR count). The predicted octanol–water partition coefficient (Wildman–Crippen LogP) is 3.63. The van der Waals surface area contributed by atoms with Crippen LogP contribution in [0.3, 0.4) is 0 Å². The van der Waals surface area contributed by atoms with Crippen molar-refractivity contribution in [2.45, 2.75) is 31.5 Å². The molecule has 1 amide bonds. The van der Waals surface area contributed by atoms with Gasteiger partial charge in [0.25, 0.3) is 5.91 Å². The second kappa shape index (κ2) is 10.2. The maximum atomic E-state index is 13.5. The summed E-state index contributed by atoms with van der Waals surface area (Å²) in [7, 11) is 1.50. The number of rotatable bonds is 5. The Hall–Kier alpha value is -3.58. The number of likely N-dealkylation sites (tertiary alicyclic amines) is 1. The molecule has 10 nitrogen and oxygen atoms in total. The third-order valence-electron chi connectivity index (χ3n) is 7.72. The molecule has 0 atom stereocenters. The number of fused-ring (bicyclic) bond motifs is 2. The summed E-state index contributed by atoms with van der Waals surface area (Å²) in [5, 5.41) is 5.68. The molecule has 3 aliphatic heterocycles. The summed E-state index contributed by atoms with van der Waals surface area (Å²) in [6.07, 6.45) is -1.20. The SMILES string of the molecule is CNc1nc(Nc2ccc(C(=O)N3CCC(N4CCOCC4)CC3)c3c2OCC3)nc2[nH]cc(C(F)(F)F)c12. The number of morpholine rings is 1. The number of ether oxygens (including phenoxy) is 2. The molecule has 39 heavy (non-hydrogen) atoms. The maximum absolute atomic E-state index is 13.5. The number of amides is 1. The van der Waals surface area contributed by atoms with Gasteiger partial charge in [0.2, 0.25) is 5.95 Å². The molecule has 3 N–H and O–H groups in total. The third-order valence-corrected chi connectivity index (χ3v) is 7.72. The van der Waals surface area contributed by atoms with Gasteiger partial charge in [-0.2, -0.15) is 23.1 Å². The Morgan fingerprint density at radius 3 is 2.59 bits per heavy atom. The third kappa shape index (κ3) is 4.84. The predicted molar refractivity (Wildman–Crippen MR) is 139 cm³/mol. The summed E-state index contributed by atoms with van der Waals surface area (Å²) in [6.45, 7) is 5.25. The fraction of sp³-hybridized carbons (Fsp3) is 0.500. The van der Waals surface area contributed by atoms with E-state index in [0.29, 0.717) is 49.2 Å². The Bertz CT molecular complexity index is 1380. The number of H-pyrrole nitrogens is 1. The average molecular weight is 546 g/mol. The fourth-order valence-electron chi connectivity index (χ4n) is 5.76. The smallest absolute Gasteiger partial charge is 0.418 e. The second-order valence-electron chi connectivity index (χ2n) is 9.93. The number of carbonyl (C=O) groups is 1. The zero-order valence-corrected chi connectivity index (χ0v) is 21.5. The van der Waals surface area contributed by atoms with E-state index in [9.17, 15) is 18.0 Å². The number of piperidine rings is 1. The van der Waals surface area contributed by atoms with Gasteiger partial charge in [-0.3, -0.25) is 9.69 Å². The molecule has 0 bridgehead atoms. The van der Waals surface area contributed by atoms with Crippen LogP contribution in [0.15, 0.2) is 18.3 Å². The van der Waals surface area contributed by atoms with Crippen molar-refractivity contribution in [2.75, 3.05) is 63.7 Å². The number of carbonyl (C=O) groups excluding carboxylic acids is 1. The topological polar surface area (TPSA) is 108 Å². The van der Waals surface area contributed by atoms with Crippen molar-refractivity contribution in [3.8, 4) is 5.75 Å². The number of alkyl halides is 3. The van der Waals surface area contributed by atoms with Gasteiger partial charge in [-0.05, 0) is 25.0 Å². The molecule has 3 aromatic rings. The van der Waals surface area contributed by atoms with Crippen molar-refractivity contribution in [2.24, 2.45) is 0 Å². The number of nitrogens with zero attached hydrogens (tertiary/aromatic N) is 4. The first kappa shape index (κ1) is 25.7. The van der Waals surface area contributed by atoms with Gasteiger partial charge in [0, 0.05) is 63.0 Å². The number of aromatic amines is 1. The number of anilines is 3. The Morgan fingerprint density at radius 1 is 1.10 bits per heavy atom. The van der Waals surface area contributed by atoms with Crippen LogP contribution in [0, 0.1) is 0 Å². The monoisotopic (exact) mass is 545 g/mol. The molecule has 5 heterocycles. The fourth-order valence-corrected chi connectivity index (χ4v) is 5.76. The Labute approximate surface area is 222 Å². The van der Waals surface area contributed by atoms with E-state index in [1.165, 1.54) is 7.05 Å². The summed E-state index contributed by atoms with van der Waals surface area (Å²) in [6, 6.07) is 3.99. The molecule has 0 unspecified atom stereocenters. The number of halogens is 3. The van der Waals surface area contributed by atoms with Gasteiger partial charge >= 0.3 is 6.18 Å². The highest BCUT2D eigenvalue weighted by molar-refractivity contribution is 5.98. The van der Waals surface area contributed by atoms with E-state index >= 15 is 0 Å². The van der Waals surface area contributed by atoms with Crippen molar-refractivity contribution in [1.29, 1.82) is 0 Å². The van der Waals surface area contributed by atoms with Crippen molar-refractivity contribution < 1.29 is 27.4 Å². The van der Waals surface area contributed by atoms with E-state index in [4.69, 9.17) is 9.47 Å². The first-order chi connectivity index (χ1) is 18.8. The van der Waals surface area contributed by atoms with Crippen molar-refractivity contribution >= 4 is 34.4 Å². The number of benzene rings is 1. The lowest BCUT2D eigenvalue weighted by atomic mass is 9.99. The molecular formula is C26H30F3N7O3. The van der Waals surface area contributed by atoms with Gasteiger partial charge in [0.05, 0.1) is 36.5 Å². The van der Waals surface area contributed by atoms with Gasteiger partial charge in [-0.15, -0.1) is 0 Å². The first-order valence-corrected chi connectivity index (χ1v) is 13.1. The van der Waals surface area contributed by atoms with Gasteiger partial charge in [-0.25, -0.2) is 0 Å². The zero-order chi connectivity index (χ0) is 27.1. The molecule has 0 spiro atoms. The normalized spacial score (nSPS) is 18.7. The van der Waals surface area contributed by atoms with Crippen LogP contribution >= 0.6 is 0 Å². The highest BCUT2D eigenvalue weighted by Crippen LogP contribution is 2.40. The minimum absolute atomic E-state index is 0.00932. The van der Waals surface area contributed by atoms with Crippen molar-refractivity contribution in [3.63, 3.8) is 0 Å². The van der Waals surface area contributed by atoms with Gasteiger partial charge in [0.15, 0.2) is 0 Å². The molecule has 0 radical (unpaired) electrons. The summed E-state index contributed by atoms with van der Waals surface area (Å²) in [5.74, 6) is 0.677. The van der Waals surface area contributed by atoms with E-state index in [-0.39, 0.29) is 28.7 Å². The number of nitrogens with one attached hydrogen (secondary N) is 3. The van der Waals surface area contributed by atoms with Crippen LogP contribution in [0.25, 0.3) is 11.0 Å². The minimum Gasteiger partial charge on any atom is -0.491 e. The summed E-state index contributed by atoms with van der Waals surface area (Å²) in [5.41, 5.74) is 1.19. The van der Waals surface area contributed by atoms with E-state index in [1.807, 2.05) is 4.90 Å². The van der Waals surface area contributed by atoms with Crippen LogP contribution < -0.4 is 15.4 Å². The molecule has 1 aromatic carbocycles. The molecule has 2 fully saturated rings. The molecule has 3 aliphatic rings. The highest BCUT2D eigenvalue weighted by atomic mass is 19.4. The number of aromatic nitrogens is 3. The van der Waals surface area contributed by atoms with Crippen LogP contribution in [0.1, 0.15) is 34.3 Å². The largest absolute Gasteiger partial charge is 0.491 e. The van der Waals surface area contributed by atoms with Crippen LogP contribution in [-0.4, -0.2) is 89.7 Å². The minimum atomic E-state index is -4.54. The molecule has 2 saturated heterocycles. The molecule has 208 valence electrons. The Morgan fingerprint density at radius 2 is 1.87 bits per heavy atom. The highest BCUT2D eigenvalue weighted by Gasteiger charge is 2.36. The lowest BCUT2D eigenvalue weighted by Crippen LogP contribution is -2.50. The van der Waals surface area contributed by atoms with E-state index in [0.717, 1.165) is 50.9 Å². The quantitative estimate of drug-likeness (QED) is 0.446. The summed E-state index contributed by atoms with van der Waals surface area (Å²) >= 11 is 0. The molecule has 0 aliphatic carbocycles. The molecule has 0 saturated carbocycles. The van der Waals surface area contributed by atoms with Crippen LogP contribution in [0.2, 0.25) is 0 Å². The lowest BCUT2D eigenvalue weighted by molar-refractivity contribution is -0.136. The summed E-state index contributed by atoms with van der Waals surface area (Å²) < 4.78 is 51.7.